The Bertz CT molecular complexity index is 290. The molecule has 0 heterocycles. The molecule has 1 saturated carbocycles. The van der Waals surface area contributed by atoms with E-state index in [1.54, 1.807) is 0 Å². The third-order valence-electron chi connectivity index (χ3n) is 2.71. The van der Waals surface area contributed by atoms with Crippen LogP contribution in [0, 0.1) is 0 Å². The highest BCUT2D eigenvalue weighted by Gasteiger charge is 2.19. The summed E-state index contributed by atoms with van der Waals surface area (Å²) in [5, 5.41) is 3.42. The summed E-state index contributed by atoms with van der Waals surface area (Å²) in [5.74, 6) is 0.977. The lowest BCUT2D eigenvalue weighted by Crippen LogP contribution is -2.22. The van der Waals surface area contributed by atoms with Crippen molar-refractivity contribution in [2.45, 2.75) is 32.2 Å². The first kappa shape index (κ1) is 10.5. The van der Waals surface area contributed by atoms with Gasteiger partial charge in [-0.05, 0) is 37.0 Å². The van der Waals surface area contributed by atoms with Crippen LogP contribution in [0.3, 0.4) is 0 Å². The van der Waals surface area contributed by atoms with Gasteiger partial charge < -0.3 is 10.1 Å². The van der Waals surface area contributed by atoms with Gasteiger partial charge in [0.15, 0.2) is 0 Å². The third kappa shape index (κ3) is 3.56. The van der Waals surface area contributed by atoms with Gasteiger partial charge in [-0.3, -0.25) is 0 Å². The lowest BCUT2D eigenvalue weighted by atomic mass is 10.2. The van der Waals surface area contributed by atoms with Crippen molar-refractivity contribution in [1.29, 1.82) is 0 Å². The van der Waals surface area contributed by atoms with E-state index in [0.29, 0.717) is 0 Å². The second-order valence-corrected chi connectivity index (χ2v) is 4.07. The van der Waals surface area contributed by atoms with Crippen molar-refractivity contribution >= 4 is 0 Å². The summed E-state index contributed by atoms with van der Waals surface area (Å²) in [4.78, 5) is 0. The summed E-state index contributed by atoms with van der Waals surface area (Å²) in [6, 6.07) is 9.13. The topological polar surface area (TPSA) is 21.3 Å². The first-order chi connectivity index (χ1) is 7.38. The number of nitrogens with one attached hydrogen (secondary N) is 1. The van der Waals surface area contributed by atoms with E-state index in [4.69, 9.17) is 4.74 Å². The van der Waals surface area contributed by atoms with E-state index in [0.717, 1.165) is 31.4 Å². The maximum absolute atomic E-state index is 5.62. The number of benzene rings is 1. The SMILES string of the molecule is CCc1ccc(OCCNC2CC2)cc1. The van der Waals surface area contributed by atoms with Gasteiger partial charge in [0.25, 0.3) is 0 Å². The second kappa shape index (κ2) is 5.17. The van der Waals surface area contributed by atoms with Crippen LogP contribution in [0.2, 0.25) is 0 Å². The zero-order chi connectivity index (χ0) is 10.5. The second-order valence-electron chi connectivity index (χ2n) is 4.07. The third-order valence-corrected chi connectivity index (χ3v) is 2.71. The van der Waals surface area contributed by atoms with Gasteiger partial charge in [0.2, 0.25) is 0 Å². The molecular weight excluding hydrogens is 186 g/mol. The van der Waals surface area contributed by atoms with E-state index in [-0.39, 0.29) is 0 Å². The molecule has 0 unspecified atom stereocenters. The maximum atomic E-state index is 5.62. The molecule has 2 nitrogen and oxygen atoms in total. The highest BCUT2D eigenvalue weighted by Crippen LogP contribution is 2.18. The normalized spacial score (nSPS) is 15.3. The molecular formula is C13H19NO. The Hall–Kier alpha value is -1.02. The molecule has 2 heteroatoms. The van der Waals surface area contributed by atoms with E-state index < -0.39 is 0 Å². The highest BCUT2D eigenvalue weighted by atomic mass is 16.5. The molecule has 0 bridgehead atoms. The van der Waals surface area contributed by atoms with E-state index in [9.17, 15) is 0 Å². The number of hydrogen-bond donors (Lipinski definition) is 1. The predicted octanol–water partition coefficient (Wildman–Crippen LogP) is 2.38. The first-order valence-corrected chi connectivity index (χ1v) is 5.83. The van der Waals surface area contributed by atoms with E-state index in [2.05, 4.69) is 36.5 Å². The molecule has 82 valence electrons. The smallest absolute Gasteiger partial charge is 0.119 e. The first-order valence-electron chi connectivity index (χ1n) is 5.83. The summed E-state index contributed by atoms with van der Waals surface area (Å²) >= 11 is 0. The number of rotatable bonds is 6. The predicted molar refractivity (Wildman–Crippen MR) is 62.3 cm³/mol. The maximum Gasteiger partial charge on any atom is 0.119 e. The molecule has 0 aliphatic heterocycles. The van der Waals surface area contributed by atoms with Crippen molar-refractivity contribution in [1.82, 2.24) is 5.32 Å². The van der Waals surface area contributed by atoms with Gasteiger partial charge in [-0.25, -0.2) is 0 Å². The van der Waals surface area contributed by atoms with Crippen LogP contribution in [0.15, 0.2) is 24.3 Å². The average molecular weight is 205 g/mol. The van der Waals surface area contributed by atoms with Gasteiger partial charge in [0.1, 0.15) is 12.4 Å². The molecule has 0 spiro atoms. The Morgan fingerprint density at radius 2 is 2.00 bits per heavy atom. The molecule has 0 amide bonds. The van der Waals surface area contributed by atoms with Gasteiger partial charge >= 0.3 is 0 Å². The van der Waals surface area contributed by atoms with Gasteiger partial charge in [0.05, 0.1) is 0 Å². The zero-order valence-electron chi connectivity index (χ0n) is 9.33. The minimum Gasteiger partial charge on any atom is -0.492 e. The van der Waals surface area contributed by atoms with Crippen molar-refractivity contribution in [2.24, 2.45) is 0 Å². The fraction of sp³-hybridized carbons (Fsp3) is 0.538. The van der Waals surface area contributed by atoms with Crippen LogP contribution in [0.25, 0.3) is 0 Å². The Kier molecular flexibility index (Phi) is 3.62. The van der Waals surface area contributed by atoms with Crippen molar-refractivity contribution in [3.63, 3.8) is 0 Å². The summed E-state index contributed by atoms with van der Waals surface area (Å²) in [5.41, 5.74) is 1.36. The van der Waals surface area contributed by atoms with Crippen LogP contribution in [0.5, 0.6) is 5.75 Å². The Labute approximate surface area is 91.6 Å². The Balaban J connectivity index is 1.67. The lowest BCUT2D eigenvalue weighted by Gasteiger charge is -2.07. The van der Waals surface area contributed by atoms with Gasteiger partial charge in [-0.1, -0.05) is 19.1 Å². The molecule has 1 aromatic carbocycles. The van der Waals surface area contributed by atoms with Crippen LogP contribution < -0.4 is 10.1 Å². The Morgan fingerprint density at radius 1 is 1.27 bits per heavy atom. The van der Waals surface area contributed by atoms with Crippen LogP contribution in [-0.2, 0) is 6.42 Å². The Morgan fingerprint density at radius 3 is 2.60 bits per heavy atom. The van der Waals surface area contributed by atoms with Crippen molar-refractivity contribution < 1.29 is 4.74 Å². The van der Waals surface area contributed by atoms with Gasteiger partial charge in [-0.2, -0.15) is 0 Å². The van der Waals surface area contributed by atoms with E-state index in [1.807, 2.05) is 0 Å². The summed E-state index contributed by atoms with van der Waals surface area (Å²) in [7, 11) is 0. The minimum absolute atomic E-state index is 0.766. The zero-order valence-corrected chi connectivity index (χ0v) is 9.33. The fourth-order valence-corrected chi connectivity index (χ4v) is 1.54. The van der Waals surface area contributed by atoms with Gasteiger partial charge in [0, 0.05) is 12.6 Å². The quantitative estimate of drug-likeness (QED) is 0.720. The summed E-state index contributed by atoms with van der Waals surface area (Å²) < 4.78 is 5.62. The summed E-state index contributed by atoms with van der Waals surface area (Å²) in [6.45, 7) is 3.89. The highest BCUT2D eigenvalue weighted by molar-refractivity contribution is 5.27. The largest absolute Gasteiger partial charge is 0.492 e. The molecule has 0 radical (unpaired) electrons. The molecule has 15 heavy (non-hydrogen) atoms. The molecule has 0 saturated heterocycles. The molecule has 1 aromatic rings. The number of ether oxygens (including phenoxy) is 1. The van der Waals surface area contributed by atoms with Crippen molar-refractivity contribution in [2.75, 3.05) is 13.2 Å². The molecule has 2 rings (SSSR count). The number of aryl methyl sites for hydroxylation is 1. The molecule has 1 aliphatic rings. The van der Waals surface area contributed by atoms with Crippen LogP contribution in [0.4, 0.5) is 0 Å². The number of hydrogen-bond acceptors (Lipinski definition) is 2. The average Bonchev–Trinajstić information content (AvgIpc) is 3.09. The van der Waals surface area contributed by atoms with E-state index >= 15 is 0 Å². The van der Waals surface area contributed by atoms with Crippen LogP contribution in [0.1, 0.15) is 25.3 Å². The monoisotopic (exact) mass is 205 g/mol. The fourth-order valence-electron chi connectivity index (χ4n) is 1.54. The lowest BCUT2D eigenvalue weighted by molar-refractivity contribution is 0.313. The van der Waals surface area contributed by atoms with Crippen LogP contribution in [-0.4, -0.2) is 19.2 Å². The van der Waals surface area contributed by atoms with Gasteiger partial charge in [-0.15, -0.1) is 0 Å². The molecule has 1 fully saturated rings. The summed E-state index contributed by atoms with van der Waals surface area (Å²) in [6.07, 6.45) is 3.76. The molecule has 0 atom stereocenters. The molecule has 1 N–H and O–H groups in total. The van der Waals surface area contributed by atoms with E-state index in [1.165, 1.54) is 18.4 Å². The minimum atomic E-state index is 0.766. The van der Waals surface area contributed by atoms with Crippen molar-refractivity contribution in [3.8, 4) is 5.75 Å². The van der Waals surface area contributed by atoms with Crippen LogP contribution >= 0.6 is 0 Å². The standard InChI is InChI=1S/C13H19NO/c1-2-11-3-7-13(8-4-11)15-10-9-14-12-5-6-12/h3-4,7-8,12,14H,2,5-6,9-10H2,1H3. The molecule has 1 aliphatic carbocycles. The molecule has 0 aromatic heterocycles. The van der Waals surface area contributed by atoms with Crippen molar-refractivity contribution in [3.05, 3.63) is 29.8 Å².